The van der Waals surface area contributed by atoms with Gasteiger partial charge in [-0.1, -0.05) is 51.1 Å². The molecule has 0 spiro atoms. The summed E-state index contributed by atoms with van der Waals surface area (Å²) in [7, 11) is 0. The Morgan fingerprint density at radius 3 is 2.42 bits per heavy atom. The van der Waals surface area contributed by atoms with Crippen molar-refractivity contribution in [2.45, 2.75) is 33.0 Å². The van der Waals surface area contributed by atoms with Gasteiger partial charge in [0.25, 0.3) is 0 Å². The van der Waals surface area contributed by atoms with Gasteiger partial charge in [-0.25, -0.2) is 0 Å². The number of hydrogen-bond acceptors (Lipinski definition) is 3. The number of benzene rings is 1. The van der Waals surface area contributed by atoms with Crippen molar-refractivity contribution in [2.75, 3.05) is 26.2 Å². The monoisotopic (exact) mass is 328 g/mol. The molecule has 1 aliphatic carbocycles. The van der Waals surface area contributed by atoms with Gasteiger partial charge in [-0.15, -0.1) is 0 Å². The van der Waals surface area contributed by atoms with Crippen LogP contribution < -0.4 is 5.32 Å². The first kappa shape index (κ1) is 16.1. The molecule has 1 aromatic carbocycles. The van der Waals surface area contributed by atoms with Crippen LogP contribution in [0.1, 0.15) is 32.4 Å². The molecule has 1 amide bonds. The summed E-state index contributed by atoms with van der Waals surface area (Å²) in [5.74, 6) is 1.75. The lowest BCUT2D eigenvalue weighted by molar-refractivity contribution is -0.158. The highest BCUT2D eigenvalue weighted by Crippen LogP contribution is 2.50. The molecule has 4 heteroatoms. The van der Waals surface area contributed by atoms with Crippen molar-refractivity contribution in [3.8, 4) is 0 Å². The molecule has 2 heterocycles. The SMILES string of the molecule is CC(C)(C)[C@H]1CN(C(=O)C2[C@H]3CNC[C@@H]23)C[C@@H](c2ccccc2)O1. The largest absolute Gasteiger partial charge is 0.366 e. The van der Waals surface area contributed by atoms with Crippen molar-refractivity contribution in [1.82, 2.24) is 10.2 Å². The lowest BCUT2D eigenvalue weighted by atomic mass is 9.87. The number of nitrogens with zero attached hydrogens (tertiary/aromatic N) is 1. The quantitative estimate of drug-likeness (QED) is 0.907. The van der Waals surface area contributed by atoms with Crippen LogP contribution in [-0.4, -0.2) is 43.1 Å². The molecule has 0 aromatic heterocycles. The molecule has 1 saturated carbocycles. The van der Waals surface area contributed by atoms with Gasteiger partial charge in [-0.3, -0.25) is 4.79 Å². The molecule has 1 aromatic rings. The number of hydrogen-bond donors (Lipinski definition) is 1. The lowest BCUT2D eigenvalue weighted by Gasteiger charge is -2.43. The first-order valence-electron chi connectivity index (χ1n) is 9.15. The molecule has 0 bridgehead atoms. The minimum atomic E-state index is -0.0233. The van der Waals surface area contributed by atoms with Gasteiger partial charge in [0.05, 0.1) is 12.6 Å². The van der Waals surface area contributed by atoms with E-state index in [-0.39, 0.29) is 23.5 Å². The van der Waals surface area contributed by atoms with E-state index in [1.807, 2.05) is 18.2 Å². The maximum Gasteiger partial charge on any atom is 0.226 e. The number of carbonyl (C=O) groups excluding carboxylic acids is 1. The smallest absolute Gasteiger partial charge is 0.226 e. The fourth-order valence-electron chi connectivity index (χ4n) is 4.26. The molecule has 2 saturated heterocycles. The van der Waals surface area contributed by atoms with Gasteiger partial charge in [0.2, 0.25) is 5.91 Å². The third-order valence-corrected chi connectivity index (χ3v) is 5.93. The van der Waals surface area contributed by atoms with Crippen LogP contribution >= 0.6 is 0 Å². The number of rotatable bonds is 2. The predicted octanol–water partition coefficient (Wildman–Crippen LogP) is 2.47. The van der Waals surface area contributed by atoms with Gasteiger partial charge in [-0.2, -0.15) is 0 Å². The third-order valence-electron chi connectivity index (χ3n) is 5.93. The van der Waals surface area contributed by atoms with Crippen LogP contribution in [0, 0.1) is 23.2 Å². The zero-order valence-corrected chi connectivity index (χ0v) is 14.9. The lowest BCUT2D eigenvalue weighted by Crippen LogP contribution is -2.52. The first-order valence-corrected chi connectivity index (χ1v) is 9.15. The Balaban J connectivity index is 1.54. The second kappa shape index (κ2) is 5.85. The molecule has 4 nitrogen and oxygen atoms in total. The van der Waals surface area contributed by atoms with Crippen molar-refractivity contribution < 1.29 is 9.53 Å². The number of piperidine rings is 1. The van der Waals surface area contributed by atoms with Crippen molar-refractivity contribution in [1.29, 1.82) is 0 Å². The minimum absolute atomic E-state index is 0.0208. The topological polar surface area (TPSA) is 41.6 Å². The molecular weight excluding hydrogens is 300 g/mol. The van der Waals surface area contributed by atoms with Crippen LogP contribution in [0.25, 0.3) is 0 Å². The summed E-state index contributed by atoms with van der Waals surface area (Å²) in [6.07, 6.45) is 0.0435. The van der Waals surface area contributed by atoms with E-state index < -0.39 is 0 Å². The van der Waals surface area contributed by atoms with E-state index in [0.29, 0.717) is 24.3 Å². The fourth-order valence-corrected chi connectivity index (χ4v) is 4.26. The number of morpholine rings is 1. The maximum atomic E-state index is 13.1. The van der Waals surface area contributed by atoms with Gasteiger partial charge in [0.15, 0.2) is 0 Å². The third kappa shape index (κ3) is 2.86. The molecule has 4 rings (SSSR count). The molecule has 1 N–H and O–H groups in total. The number of ether oxygens (including phenoxy) is 1. The second-order valence-electron chi connectivity index (χ2n) is 8.65. The van der Waals surface area contributed by atoms with Crippen LogP contribution in [0.2, 0.25) is 0 Å². The fraction of sp³-hybridized carbons (Fsp3) is 0.650. The van der Waals surface area contributed by atoms with Crippen LogP contribution in [0.4, 0.5) is 0 Å². The van der Waals surface area contributed by atoms with E-state index in [1.54, 1.807) is 0 Å². The van der Waals surface area contributed by atoms with Gasteiger partial charge < -0.3 is 15.0 Å². The number of nitrogens with one attached hydrogen (secondary N) is 1. The van der Waals surface area contributed by atoms with Crippen LogP contribution in [0.15, 0.2) is 30.3 Å². The number of fused-ring (bicyclic) bond motifs is 1. The zero-order chi connectivity index (χ0) is 16.9. The average molecular weight is 328 g/mol. The molecule has 1 unspecified atom stereocenters. The van der Waals surface area contributed by atoms with Crippen LogP contribution in [0.3, 0.4) is 0 Å². The van der Waals surface area contributed by atoms with Crippen LogP contribution in [0.5, 0.6) is 0 Å². The molecule has 5 atom stereocenters. The van der Waals surface area contributed by atoms with E-state index in [4.69, 9.17) is 4.74 Å². The summed E-state index contributed by atoms with van der Waals surface area (Å²) in [6, 6.07) is 10.3. The summed E-state index contributed by atoms with van der Waals surface area (Å²) >= 11 is 0. The van der Waals surface area contributed by atoms with Crippen molar-refractivity contribution in [3.63, 3.8) is 0 Å². The molecule has 0 radical (unpaired) electrons. The first-order chi connectivity index (χ1) is 11.4. The van der Waals surface area contributed by atoms with Crippen molar-refractivity contribution in [2.24, 2.45) is 23.2 Å². The highest BCUT2D eigenvalue weighted by molar-refractivity contribution is 5.83. The summed E-state index contributed by atoms with van der Waals surface area (Å²) in [4.78, 5) is 15.1. The Labute approximate surface area is 144 Å². The van der Waals surface area contributed by atoms with E-state index >= 15 is 0 Å². The average Bonchev–Trinajstić information content (AvgIpc) is 3.05. The Bertz CT molecular complexity index is 600. The molecular formula is C20H28N2O2. The van der Waals surface area contributed by atoms with Gasteiger partial charge >= 0.3 is 0 Å². The van der Waals surface area contributed by atoms with Crippen LogP contribution in [-0.2, 0) is 9.53 Å². The van der Waals surface area contributed by atoms with Gasteiger partial charge in [0, 0.05) is 12.5 Å². The van der Waals surface area contributed by atoms with E-state index in [2.05, 4.69) is 43.1 Å². The Morgan fingerprint density at radius 1 is 1.12 bits per heavy atom. The molecule has 3 fully saturated rings. The maximum absolute atomic E-state index is 13.1. The van der Waals surface area contributed by atoms with E-state index in [9.17, 15) is 4.79 Å². The molecule has 24 heavy (non-hydrogen) atoms. The minimum Gasteiger partial charge on any atom is -0.366 e. The van der Waals surface area contributed by atoms with Crippen molar-refractivity contribution in [3.05, 3.63) is 35.9 Å². The number of amides is 1. The van der Waals surface area contributed by atoms with Crippen molar-refractivity contribution >= 4 is 5.91 Å². The van der Waals surface area contributed by atoms with Gasteiger partial charge in [-0.05, 0) is 35.9 Å². The summed E-state index contributed by atoms with van der Waals surface area (Å²) in [5, 5.41) is 3.38. The summed E-state index contributed by atoms with van der Waals surface area (Å²) in [6.45, 7) is 10.0. The standard InChI is InChI=1S/C20H28N2O2/c1-20(2,3)17-12-22(19(23)18-14-9-21-10-15(14)18)11-16(24-17)13-7-5-4-6-8-13/h4-8,14-18,21H,9-12H2,1-3H3/t14-,15+,16-,17+,18?/m0/s1. The second-order valence-corrected chi connectivity index (χ2v) is 8.65. The van der Waals surface area contributed by atoms with Gasteiger partial charge in [0.1, 0.15) is 6.10 Å². The molecule has 3 aliphatic rings. The summed E-state index contributed by atoms with van der Waals surface area (Å²) in [5.41, 5.74) is 1.19. The highest BCUT2D eigenvalue weighted by atomic mass is 16.5. The Morgan fingerprint density at radius 2 is 1.79 bits per heavy atom. The molecule has 2 aliphatic heterocycles. The highest BCUT2D eigenvalue weighted by Gasteiger charge is 2.58. The predicted molar refractivity (Wildman–Crippen MR) is 93.4 cm³/mol. The number of carbonyl (C=O) groups is 1. The van der Waals surface area contributed by atoms with E-state index in [0.717, 1.165) is 19.6 Å². The van der Waals surface area contributed by atoms with E-state index in [1.165, 1.54) is 5.56 Å². The zero-order valence-electron chi connectivity index (χ0n) is 14.9. The Kier molecular flexibility index (Phi) is 3.92. The normalized spacial score (nSPS) is 35.6. The summed E-state index contributed by atoms with van der Waals surface area (Å²) < 4.78 is 6.41. The Hall–Kier alpha value is -1.39. The molecule has 130 valence electrons.